The summed E-state index contributed by atoms with van der Waals surface area (Å²) in [6.07, 6.45) is 1.18. The fourth-order valence-electron chi connectivity index (χ4n) is 2.60. The molecular formula is C15H20O5S. The van der Waals surface area contributed by atoms with Crippen LogP contribution < -0.4 is 0 Å². The first kappa shape index (κ1) is 16.0. The van der Waals surface area contributed by atoms with Gasteiger partial charge in [0.2, 0.25) is 0 Å². The molecular weight excluding hydrogens is 292 g/mol. The molecule has 1 aliphatic rings. The summed E-state index contributed by atoms with van der Waals surface area (Å²) in [4.78, 5) is 11.1. The number of ether oxygens (including phenoxy) is 1. The van der Waals surface area contributed by atoms with Crippen LogP contribution in [0.25, 0.3) is 0 Å². The number of sulfone groups is 1. The van der Waals surface area contributed by atoms with E-state index >= 15 is 0 Å². The Balaban J connectivity index is 2.28. The average Bonchev–Trinajstić information content (AvgIpc) is 2.67. The predicted octanol–water partition coefficient (Wildman–Crippen LogP) is 2.42. The number of carboxylic acids is 1. The largest absolute Gasteiger partial charge is 0.478 e. The molecule has 5 nitrogen and oxygen atoms in total. The SMILES string of the molecule is Cc1ccc(C(=O)O)cc1S(=O)(=O)CC1CCC(C)(C)O1. The van der Waals surface area contributed by atoms with Gasteiger partial charge in [-0.15, -0.1) is 0 Å². The number of benzene rings is 1. The van der Waals surface area contributed by atoms with Gasteiger partial charge in [0.1, 0.15) is 0 Å². The minimum absolute atomic E-state index is 0.0214. The van der Waals surface area contributed by atoms with Crippen LogP contribution >= 0.6 is 0 Å². The zero-order valence-electron chi connectivity index (χ0n) is 12.4. The molecule has 0 aliphatic carbocycles. The lowest BCUT2D eigenvalue weighted by Gasteiger charge is -2.19. The standard InChI is InChI=1S/C15H20O5S/c1-10-4-5-11(14(16)17)8-13(10)21(18,19)9-12-6-7-15(2,3)20-12/h4-5,8,12H,6-7,9H2,1-3H3,(H,16,17). The summed E-state index contributed by atoms with van der Waals surface area (Å²) in [6, 6.07) is 4.16. The van der Waals surface area contributed by atoms with Crippen LogP contribution in [0.3, 0.4) is 0 Å². The van der Waals surface area contributed by atoms with Crippen molar-refractivity contribution in [2.24, 2.45) is 0 Å². The number of carboxylic acid groups (broad SMARTS) is 1. The maximum Gasteiger partial charge on any atom is 0.335 e. The molecule has 1 N–H and O–H groups in total. The van der Waals surface area contributed by atoms with E-state index in [1.165, 1.54) is 18.2 Å². The summed E-state index contributed by atoms with van der Waals surface area (Å²) >= 11 is 0. The molecule has 0 radical (unpaired) electrons. The summed E-state index contributed by atoms with van der Waals surface area (Å²) in [5.41, 5.74) is 0.238. The van der Waals surface area contributed by atoms with Crippen molar-refractivity contribution < 1.29 is 23.1 Å². The molecule has 1 heterocycles. The number of rotatable bonds is 4. The van der Waals surface area contributed by atoms with Gasteiger partial charge in [0.05, 0.1) is 27.9 Å². The van der Waals surface area contributed by atoms with E-state index < -0.39 is 15.8 Å². The highest BCUT2D eigenvalue weighted by molar-refractivity contribution is 7.91. The van der Waals surface area contributed by atoms with E-state index in [1.807, 2.05) is 13.8 Å². The molecule has 2 rings (SSSR count). The first-order valence-corrected chi connectivity index (χ1v) is 8.50. The molecule has 1 saturated heterocycles. The predicted molar refractivity (Wildman–Crippen MR) is 78.4 cm³/mol. The van der Waals surface area contributed by atoms with E-state index in [1.54, 1.807) is 6.92 Å². The molecule has 0 aromatic heterocycles. The lowest BCUT2D eigenvalue weighted by Crippen LogP contribution is -2.26. The minimum Gasteiger partial charge on any atom is -0.478 e. The number of hydrogen-bond acceptors (Lipinski definition) is 4. The van der Waals surface area contributed by atoms with Crippen molar-refractivity contribution in [3.63, 3.8) is 0 Å². The number of aromatic carboxylic acids is 1. The van der Waals surface area contributed by atoms with Gasteiger partial charge < -0.3 is 9.84 Å². The highest BCUT2D eigenvalue weighted by atomic mass is 32.2. The Labute approximate surface area is 124 Å². The highest BCUT2D eigenvalue weighted by Gasteiger charge is 2.35. The maximum atomic E-state index is 12.5. The molecule has 0 saturated carbocycles. The topological polar surface area (TPSA) is 80.7 Å². The molecule has 116 valence electrons. The van der Waals surface area contributed by atoms with Crippen molar-refractivity contribution in [2.75, 3.05) is 5.75 Å². The van der Waals surface area contributed by atoms with Crippen LogP contribution in [0.2, 0.25) is 0 Å². The van der Waals surface area contributed by atoms with Crippen molar-refractivity contribution >= 4 is 15.8 Å². The van der Waals surface area contributed by atoms with E-state index in [9.17, 15) is 13.2 Å². The Bertz CT molecular complexity index is 661. The first-order chi connectivity index (χ1) is 9.61. The van der Waals surface area contributed by atoms with Gasteiger partial charge in [-0.1, -0.05) is 6.07 Å². The molecule has 6 heteroatoms. The van der Waals surface area contributed by atoms with Gasteiger partial charge in [0.15, 0.2) is 9.84 Å². The Kier molecular flexibility index (Phi) is 4.13. The Morgan fingerprint density at radius 1 is 1.43 bits per heavy atom. The Morgan fingerprint density at radius 2 is 2.10 bits per heavy atom. The van der Waals surface area contributed by atoms with Crippen molar-refractivity contribution in [2.45, 2.75) is 50.2 Å². The molecule has 1 aromatic carbocycles. The normalized spacial score (nSPS) is 21.4. The molecule has 1 atom stereocenters. The monoisotopic (exact) mass is 312 g/mol. The van der Waals surface area contributed by atoms with Crippen LogP contribution in [-0.2, 0) is 14.6 Å². The molecule has 0 amide bonds. The first-order valence-electron chi connectivity index (χ1n) is 6.85. The van der Waals surface area contributed by atoms with Crippen molar-refractivity contribution in [1.82, 2.24) is 0 Å². The second-order valence-electron chi connectivity index (χ2n) is 6.11. The van der Waals surface area contributed by atoms with Crippen LogP contribution in [0.1, 0.15) is 42.6 Å². The maximum absolute atomic E-state index is 12.5. The van der Waals surface area contributed by atoms with Gasteiger partial charge >= 0.3 is 5.97 Å². The van der Waals surface area contributed by atoms with Gasteiger partial charge in [-0.05, 0) is 51.3 Å². The van der Waals surface area contributed by atoms with Crippen molar-refractivity contribution in [3.8, 4) is 0 Å². The van der Waals surface area contributed by atoms with E-state index in [0.717, 1.165) is 6.42 Å². The smallest absolute Gasteiger partial charge is 0.335 e. The van der Waals surface area contributed by atoms with Crippen molar-refractivity contribution in [3.05, 3.63) is 29.3 Å². The second-order valence-corrected chi connectivity index (χ2v) is 8.11. The third-order valence-electron chi connectivity index (χ3n) is 3.73. The highest BCUT2D eigenvalue weighted by Crippen LogP contribution is 2.31. The van der Waals surface area contributed by atoms with Gasteiger partial charge in [-0.3, -0.25) is 0 Å². The van der Waals surface area contributed by atoms with Crippen LogP contribution in [0.15, 0.2) is 23.1 Å². The van der Waals surface area contributed by atoms with Gasteiger partial charge in [-0.25, -0.2) is 13.2 Å². The summed E-state index contributed by atoms with van der Waals surface area (Å²) in [5, 5.41) is 9.00. The number of hydrogen-bond donors (Lipinski definition) is 1. The van der Waals surface area contributed by atoms with E-state index in [0.29, 0.717) is 12.0 Å². The third kappa shape index (κ3) is 3.63. The lowest BCUT2D eigenvalue weighted by atomic mass is 10.1. The molecule has 1 fully saturated rings. The van der Waals surface area contributed by atoms with E-state index in [2.05, 4.69) is 0 Å². The Morgan fingerprint density at radius 3 is 2.62 bits per heavy atom. The minimum atomic E-state index is -3.57. The van der Waals surface area contributed by atoms with Gasteiger partial charge in [0.25, 0.3) is 0 Å². The summed E-state index contributed by atoms with van der Waals surface area (Å²) in [6.45, 7) is 5.55. The van der Waals surface area contributed by atoms with Gasteiger partial charge in [0, 0.05) is 0 Å². The van der Waals surface area contributed by atoms with Crippen LogP contribution in [0, 0.1) is 6.92 Å². The second kappa shape index (κ2) is 5.42. The molecule has 1 aliphatic heterocycles. The fourth-order valence-corrected chi connectivity index (χ4v) is 4.37. The average molecular weight is 312 g/mol. The lowest BCUT2D eigenvalue weighted by molar-refractivity contribution is -0.00528. The molecule has 1 aromatic rings. The van der Waals surface area contributed by atoms with Crippen LogP contribution in [0.5, 0.6) is 0 Å². The molecule has 1 unspecified atom stereocenters. The molecule has 21 heavy (non-hydrogen) atoms. The molecule has 0 spiro atoms. The van der Waals surface area contributed by atoms with E-state index in [4.69, 9.17) is 9.84 Å². The zero-order valence-corrected chi connectivity index (χ0v) is 13.2. The summed E-state index contributed by atoms with van der Waals surface area (Å²) in [7, 11) is -3.57. The van der Waals surface area contributed by atoms with Crippen LogP contribution in [0.4, 0.5) is 0 Å². The quantitative estimate of drug-likeness (QED) is 0.923. The van der Waals surface area contributed by atoms with Gasteiger partial charge in [-0.2, -0.15) is 0 Å². The molecule has 0 bridgehead atoms. The Hall–Kier alpha value is -1.40. The zero-order chi connectivity index (χ0) is 15.8. The van der Waals surface area contributed by atoms with Crippen LogP contribution in [-0.4, -0.2) is 37.0 Å². The third-order valence-corrected chi connectivity index (χ3v) is 5.65. The number of aryl methyl sites for hydroxylation is 1. The summed E-state index contributed by atoms with van der Waals surface area (Å²) in [5.74, 6) is -1.25. The van der Waals surface area contributed by atoms with Crippen molar-refractivity contribution in [1.29, 1.82) is 0 Å². The summed E-state index contributed by atoms with van der Waals surface area (Å²) < 4.78 is 30.8. The van der Waals surface area contributed by atoms with E-state index in [-0.39, 0.29) is 27.9 Å². The fraction of sp³-hybridized carbons (Fsp3) is 0.533. The number of carbonyl (C=O) groups is 1.